The lowest BCUT2D eigenvalue weighted by Gasteiger charge is -2.25. The molecule has 0 spiro atoms. The number of carboxylic acids is 1. The van der Waals surface area contributed by atoms with Gasteiger partial charge in [-0.2, -0.15) is 0 Å². The molecule has 116 valence electrons. The summed E-state index contributed by atoms with van der Waals surface area (Å²) in [5, 5.41) is 12.3. The van der Waals surface area contributed by atoms with Gasteiger partial charge in [0.2, 0.25) is 0 Å². The van der Waals surface area contributed by atoms with Gasteiger partial charge in [-0.15, -0.1) is 0 Å². The van der Waals surface area contributed by atoms with Crippen LogP contribution in [-0.4, -0.2) is 29.1 Å². The van der Waals surface area contributed by atoms with Crippen molar-refractivity contribution in [3.8, 4) is 5.75 Å². The van der Waals surface area contributed by atoms with Crippen LogP contribution in [0.2, 0.25) is 5.02 Å². The van der Waals surface area contributed by atoms with Gasteiger partial charge >= 0.3 is 5.97 Å². The first-order chi connectivity index (χ1) is 9.78. The highest BCUT2D eigenvalue weighted by molar-refractivity contribution is 6.31. The lowest BCUT2D eigenvalue weighted by molar-refractivity contribution is -0.147. The summed E-state index contributed by atoms with van der Waals surface area (Å²) < 4.78 is 5.34. The SMILES string of the molecule is CCCC(C)(NC(=O)COc1ccc(Cl)c(C)c1)C(=O)O. The van der Waals surface area contributed by atoms with Crippen molar-refractivity contribution in [1.29, 1.82) is 0 Å². The maximum absolute atomic E-state index is 11.8. The molecule has 0 aliphatic rings. The molecule has 0 aromatic heterocycles. The van der Waals surface area contributed by atoms with E-state index in [-0.39, 0.29) is 6.61 Å². The van der Waals surface area contributed by atoms with Crippen LogP contribution in [-0.2, 0) is 9.59 Å². The molecule has 6 heteroatoms. The normalized spacial score (nSPS) is 13.3. The van der Waals surface area contributed by atoms with Gasteiger partial charge in [0.25, 0.3) is 5.91 Å². The van der Waals surface area contributed by atoms with Gasteiger partial charge in [0, 0.05) is 5.02 Å². The molecule has 1 aromatic carbocycles. The molecule has 21 heavy (non-hydrogen) atoms. The van der Waals surface area contributed by atoms with Crippen LogP contribution in [0.1, 0.15) is 32.3 Å². The van der Waals surface area contributed by atoms with Crippen molar-refractivity contribution in [3.63, 3.8) is 0 Å². The highest BCUT2D eigenvalue weighted by atomic mass is 35.5. The van der Waals surface area contributed by atoms with Crippen molar-refractivity contribution < 1.29 is 19.4 Å². The molecule has 0 aliphatic heterocycles. The summed E-state index contributed by atoms with van der Waals surface area (Å²) in [6, 6.07) is 5.06. The molecule has 0 heterocycles. The zero-order valence-corrected chi connectivity index (χ0v) is 13.2. The van der Waals surface area contributed by atoms with E-state index < -0.39 is 17.4 Å². The molecule has 2 N–H and O–H groups in total. The third-order valence-corrected chi connectivity index (χ3v) is 3.56. The number of aryl methyl sites for hydroxylation is 1. The van der Waals surface area contributed by atoms with E-state index in [1.807, 2.05) is 13.8 Å². The number of hydrogen-bond donors (Lipinski definition) is 2. The van der Waals surface area contributed by atoms with Gasteiger partial charge in [-0.25, -0.2) is 4.79 Å². The smallest absolute Gasteiger partial charge is 0.329 e. The van der Waals surface area contributed by atoms with Crippen molar-refractivity contribution >= 4 is 23.5 Å². The first-order valence-corrected chi connectivity index (χ1v) is 7.09. The Labute approximate surface area is 129 Å². The number of aliphatic carboxylic acids is 1. The third kappa shape index (κ3) is 4.93. The number of rotatable bonds is 7. The van der Waals surface area contributed by atoms with Gasteiger partial charge in [-0.3, -0.25) is 4.79 Å². The number of ether oxygens (including phenoxy) is 1. The zero-order chi connectivity index (χ0) is 16.0. The molecule has 0 fully saturated rings. The van der Waals surface area contributed by atoms with Gasteiger partial charge in [-0.1, -0.05) is 24.9 Å². The van der Waals surface area contributed by atoms with Crippen LogP contribution in [0, 0.1) is 6.92 Å². The summed E-state index contributed by atoms with van der Waals surface area (Å²) >= 11 is 5.90. The highest BCUT2D eigenvalue weighted by Gasteiger charge is 2.33. The minimum atomic E-state index is -1.27. The molecule has 0 saturated heterocycles. The fourth-order valence-electron chi connectivity index (χ4n) is 1.92. The van der Waals surface area contributed by atoms with E-state index in [1.165, 1.54) is 6.92 Å². The lowest BCUT2D eigenvalue weighted by Crippen LogP contribution is -2.53. The van der Waals surface area contributed by atoms with E-state index >= 15 is 0 Å². The Kier molecular flexibility index (Phi) is 6.03. The number of carboxylic acid groups (broad SMARTS) is 1. The van der Waals surface area contributed by atoms with Crippen LogP contribution < -0.4 is 10.1 Å². The number of carbonyl (C=O) groups excluding carboxylic acids is 1. The predicted octanol–water partition coefficient (Wildman–Crippen LogP) is 2.79. The zero-order valence-electron chi connectivity index (χ0n) is 12.4. The van der Waals surface area contributed by atoms with Crippen LogP contribution in [0.15, 0.2) is 18.2 Å². The molecule has 1 amide bonds. The van der Waals surface area contributed by atoms with Crippen LogP contribution >= 0.6 is 11.6 Å². The molecule has 0 saturated carbocycles. The van der Waals surface area contributed by atoms with Crippen molar-refractivity contribution in [1.82, 2.24) is 5.32 Å². The Balaban J connectivity index is 2.60. The number of halogens is 1. The summed E-state index contributed by atoms with van der Waals surface area (Å²) in [5.41, 5.74) is -0.429. The van der Waals surface area contributed by atoms with Crippen LogP contribution in [0.25, 0.3) is 0 Å². The Bertz CT molecular complexity index is 532. The maximum Gasteiger partial charge on any atom is 0.329 e. The minimum absolute atomic E-state index is 0.242. The van der Waals surface area contributed by atoms with Gasteiger partial charge in [0.05, 0.1) is 0 Å². The van der Waals surface area contributed by atoms with Crippen LogP contribution in [0.5, 0.6) is 5.75 Å². The molecular formula is C15H20ClNO4. The van der Waals surface area contributed by atoms with Crippen molar-refractivity contribution in [2.75, 3.05) is 6.61 Å². The lowest BCUT2D eigenvalue weighted by atomic mass is 9.96. The summed E-state index contributed by atoms with van der Waals surface area (Å²) in [6.07, 6.45) is 1.01. The fourth-order valence-corrected chi connectivity index (χ4v) is 2.04. The molecule has 1 atom stereocenters. The average Bonchev–Trinajstić information content (AvgIpc) is 2.40. The molecule has 5 nitrogen and oxygen atoms in total. The predicted molar refractivity (Wildman–Crippen MR) is 80.8 cm³/mol. The van der Waals surface area contributed by atoms with E-state index in [4.69, 9.17) is 16.3 Å². The van der Waals surface area contributed by atoms with Crippen molar-refractivity contribution in [2.45, 2.75) is 39.2 Å². The quantitative estimate of drug-likeness (QED) is 0.811. The molecule has 0 radical (unpaired) electrons. The maximum atomic E-state index is 11.8. The number of benzene rings is 1. The average molecular weight is 314 g/mol. The summed E-state index contributed by atoms with van der Waals surface area (Å²) in [5.74, 6) is -1.01. The first kappa shape index (κ1) is 17.3. The van der Waals surface area contributed by atoms with Gasteiger partial charge in [0.15, 0.2) is 6.61 Å². The molecule has 1 rings (SSSR count). The minimum Gasteiger partial charge on any atom is -0.484 e. The van der Waals surface area contributed by atoms with Crippen LogP contribution in [0.3, 0.4) is 0 Å². The Hall–Kier alpha value is -1.75. The second-order valence-electron chi connectivity index (χ2n) is 5.14. The summed E-state index contributed by atoms with van der Waals surface area (Å²) in [4.78, 5) is 23.1. The monoisotopic (exact) mass is 313 g/mol. The Morgan fingerprint density at radius 3 is 2.62 bits per heavy atom. The second-order valence-corrected chi connectivity index (χ2v) is 5.54. The third-order valence-electron chi connectivity index (χ3n) is 3.14. The number of nitrogens with one attached hydrogen (secondary N) is 1. The van der Waals surface area contributed by atoms with Gasteiger partial charge < -0.3 is 15.2 Å². The Morgan fingerprint density at radius 2 is 2.10 bits per heavy atom. The molecule has 1 aromatic rings. The number of carbonyl (C=O) groups is 2. The fraction of sp³-hybridized carbons (Fsp3) is 0.467. The summed E-state index contributed by atoms with van der Waals surface area (Å²) in [6.45, 7) is 4.94. The molecule has 0 bridgehead atoms. The van der Waals surface area contributed by atoms with E-state index in [0.29, 0.717) is 23.6 Å². The van der Waals surface area contributed by atoms with Gasteiger partial charge in [0.1, 0.15) is 11.3 Å². The van der Waals surface area contributed by atoms with E-state index in [1.54, 1.807) is 18.2 Å². The number of hydrogen-bond acceptors (Lipinski definition) is 3. The van der Waals surface area contributed by atoms with Crippen molar-refractivity contribution in [2.24, 2.45) is 0 Å². The number of amides is 1. The largest absolute Gasteiger partial charge is 0.484 e. The second kappa shape index (κ2) is 7.31. The standard InChI is InChI=1S/C15H20ClNO4/c1-4-7-15(3,14(19)20)17-13(18)9-21-11-5-6-12(16)10(2)8-11/h5-6,8H,4,7,9H2,1-3H3,(H,17,18)(H,19,20). The topological polar surface area (TPSA) is 75.6 Å². The molecule has 1 unspecified atom stereocenters. The van der Waals surface area contributed by atoms with Gasteiger partial charge in [-0.05, 0) is 44.0 Å². The van der Waals surface area contributed by atoms with Crippen molar-refractivity contribution in [3.05, 3.63) is 28.8 Å². The highest BCUT2D eigenvalue weighted by Crippen LogP contribution is 2.21. The van der Waals surface area contributed by atoms with E-state index in [0.717, 1.165) is 5.56 Å². The van der Waals surface area contributed by atoms with E-state index in [2.05, 4.69) is 5.32 Å². The molecule has 0 aliphatic carbocycles. The summed E-state index contributed by atoms with van der Waals surface area (Å²) in [7, 11) is 0. The first-order valence-electron chi connectivity index (χ1n) is 6.72. The molecular weight excluding hydrogens is 294 g/mol. The Morgan fingerprint density at radius 1 is 1.43 bits per heavy atom. The van der Waals surface area contributed by atoms with Crippen LogP contribution in [0.4, 0.5) is 0 Å². The van der Waals surface area contributed by atoms with E-state index in [9.17, 15) is 14.7 Å².